The molecule has 21 heavy (non-hydrogen) atoms. The molecule has 0 aliphatic carbocycles. The van der Waals surface area contributed by atoms with E-state index in [4.69, 9.17) is 10.3 Å². The highest BCUT2D eigenvalue weighted by Crippen LogP contribution is 2.41. The molecule has 5 heteroatoms. The largest absolute Gasteiger partial charge is 0.380 e. The first-order valence-corrected chi connectivity index (χ1v) is 7.14. The van der Waals surface area contributed by atoms with E-state index >= 15 is 0 Å². The number of hydrogen-bond donors (Lipinski definition) is 1. The van der Waals surface area contributed by atoms with E-state index in [1.54, 1.807) is 12.1 Å². The fourth-order valence-electron chi connectivity index (χ4n) is 2.28. The van der Waals surface area contributed by atoms with Crippen LogP contribution in [0.3, 0.4) is 0 Å². The summed E-state index contributed by atoms with van der Waals surface area (Å²) in [6.07, 6.45) is 0. The van der Waals surface area contributed by atoms with Crippen molar-refractivity contribution in [2.45, 2.75) is 6.92 Å². The lowest BCUT2D eigenvalue weighted by Gasteiger charge is -2.07. The van der Waals surface area contributed by atoms with Crippen LogP contribution in [0.4, 0.5) is 10.2 Å². The van der Waals surface area contributed by atoms with Crippen molar-refractivity contribution in [1.29, 1.82) is 0 Å². The zero-order valence-corrected chi connectivity index (χ0v) is 12.8. The molecule has 0 saturated carbocycles. The van der Waals surface area contributed by atoms with Crippen molar-refractivity contribution in [2.24, 2.45) is 0 Å². The van der Waals surface area contributed by atoms with Crippen molar-refractivity contribution in [3.8, 4) is 22.5 Å². The zero-order valence-electron chi connectivity index (χ0n) is 11.2. The molecule has 0 spiro atoms. The molecular formula is C16H12BrFN2O. The molecule has 0 fully saturated rings. The normalized spacial score (nSPS) is 10.8. The molecule has 1 aromatic heterocycles. The van der Waals surface area contributed by atoms with Crippen molar-refractivity contribution >= 4 is 21.7 Å². The molecule has 0 unspecified atom stereocenters. The molecule has 2 N–H and O–H groups in total. The van der Waals surface area contributed by atoms with Crippen molar-refractivity contribution in [3.63, 3.8) is 0 Å². The molecule has 0 radical (unpaired) electrons. The van der Waals surface area contributed by atoms with Gasteiger partial charge < -0.3 is 10.3 Å². The number of nitrogens with zero attached hydrogens (tertiary/aromatic N) is 1. The maximum absolute atomic E-state index is 13.7. The van der Waals surface area contributed by atoms with Gasteiger partial charge in [0, 0.05) is 5.56 Å². The standard InChI is InChI=1S/C16H12BrFN2O/c1-9-5-2-3-6-10(9)13-15(21-20-16(13)19)11-7-4-8-12(18)14(11)17/h2-8H,1H3,(H2,19,20). The average molecular weight is 347 g/mol. The van der Waals surface area contributed by atoms with Gasteiger partial charge in [-0.25, -0.2) is 4.39 Å². The molecule has 0 aliphatic heterocycles. The molecule has 3 nitrogen and oxygen atoms in total. The van der Waals surface area contributed by atoms with Gasteiger partial charge in [0.05, 0.1) is 10.0 Å². The summed E-state index contributed by atoms with van der Waals surface area (Å²) >= 11 is 3.25. The van der Waals surface area contributed by atoms with E-state index < -0.39 is 0 Å². The second kappa shape index (κ2) is 5.33. The van der Waals surface area contributed by atoms with Crippen LogP contribution in [0, 0.1) is 12.7 Å². The lowest BCUT2D eigenvalue weighted by atomic mass is 9.98. The first-order chi connectivity index (χ1) is 10.1. The van der Waals surface area contributed by atoms with Crippen LogP contribution in [0.15, 0.2) is 51.5 Å². The second-order valence-corrected chi connectivity index (χ2v) is 5.48. The van der Waals surface area contributed by atoms with Gasteiger partial charge in [-0.1, -0.05) is 35.5 Å². The summed E-state index contributed by atoms with van der Waals surface area (Å²) in [5.74, 6) is 0.377. The Morgan fingerprint density at radius 1 is 1.10 bits per heavy atom. The van der Waals surface area contributed by atoms with Crippen LogP contribution >= 0.6 is 15.9 Å². The molecule has 3 rings (SSSR count). The van der Waals surface area contributed by atoms with Gasteiger partial charge in [-0.2, -0.15) is 0 Å². The smallest absolute Gasteiger partial charge is 0.178 e. The van der Waals surface area contributed by atoms with Gasteiger partial charge >= 0.3 is 0 Å². The number of halogens is 2. The molecule has 106 valence electrons. The highest BCUT2D eigenvalue weighted by atomic mass is 79.9. The number of rotatable bonds is 2. The molecule has 3 aromatic rings. The minimum atomic E-state index is -0.363. The van der Waals surface area contributed by atoms with Crippen molar-refractivity contribution in [3.05, 3.63) is 58.3 Å². The number of aryl methyl sites for hydroxylation is 1. The highest BCUT2D eigenvalue weighted by Gasteiger charge is 2.21. The monoisotopic (exact) mass is 346 g/mol. The maximum Gasteiger partial charge on any atom is 0.178 e. The van der Waals surface area contributed by atoms with Gasteiger partial charge in [-0.05, 0) is 46.1 Å². The molecule has 0 amide bonds. The van der Waals surface area contributed by atoms with Gasteiger partial charge in [0.15, 0.2) is 11.6 Å². The van der Waals surface area contributed by atoms with Crippen LogP contribution in [-0.4, -0.2) is 5.16 Å². The third-order valence-electron chi connectivity index (χ3n) is 3.33. The number of aromatic nitrogens is 1. The first kappa shape index (κ1) is 13.8. The lowest BCUT2D eigenvalue weighted by Crippen LogP contribution is -1.91. The molecule has 0 bridgehead atoms. The summed E-state index contributed by atoms with van der Waals surface area (Å²) in [6, 6.07) is 12.5. The van der Waals surface area contributed by atoms with Crippen LogP contribution in [0.25, 0.3) is 22.5 Å². The topological polar surface area (TPSA) is 52.0 Å². The quantitative estimate of drug-likeness (QED) is 0.724. The fraction of sp³-hybridized carbons (Fsp3) is 0.0625. The molecule has 0 aliphatic rings. The van der Waals surface area contributed by atoms with Crippen LogP contribution < -0.4 is 5.73 Å². The summed E-state index contributed by atoms with van der Waals surface area (Å²) in [5, 5.41) is 3.84. The van der Waals surface area contributed by atoms with E-state index in [9.17, 15) is 4.39 Å². The van der Waals surface area contributed by atoms with Gasteiger partial charge in [0.2, 0.25) is 0 Å². The molecule has 0 atom stereocenters. The fourth-order valence-corrected chi connectivity index (χ4v) is 2.72. The van der Waals surface area contributed by atoms with E-state index in [0.29, 0.717) is 21.4 Å². The Morgan fingerprint density at radius 2 is 1.81 bits per heavy atom. The molecular weight excluding hydrogens is 335 g/mol. The third-order valence-corrected chi connectivity index (χ3v) is 4.14. The summed E-state index contributed by atoms with van der Waals surface area (Å²) in [6.45, 7) is 1.98. The Labute approximate surface area is 129 Å². The number of nitrogen functional groups attached to an aromatic ring is 1. The first-order valence-electron chi connectivity index (χ1n) is 6.35. The second-order valence-electron chi connectivity index (χ2n) is 4.69. The molecule has 1 heterocycles. The van der Waals surface area contributed by atoms with Crippen LogP contribution in [0.1, 0.15) is 5.56 Å². The van der Waals surface area contributed by atoms with E-state index in [-0.39, 0.29) is 11.6 Å². The van der Waals surface area contributed by atoms with Crippen LogP contribution in [0.5, 0.6) is 0 Å². The Balaban J connectivity index is 2.28. The van der Waals surface area contributed by atoms with Gasteiger partial charge in [-0.3, -0.25) is 0 Å². The van der Waals surface area contributed by atoms with Crippen molar-refractivity contribution in [1.82, 2.24) is 5.16 Å². The number of nitrogens with two attached hydrogens (primary N) is 1. The Bertz CT molecular complexity index is 814. The van der Waals surface area contributed by atoms with Crippen LogP contribution in [0.2, 0.25) is 0 Å². The van der Waals surface area contributed by atoms with E-state index in [1.165, 1.54) is 6.07 Å². The predicted molar refractivity (Wildman–Crippen MR) is 84.2 cm³/mol. The number of anilines is 1. The summed E-state index contributed by atoms with van der Waals surface area (Å²) in [4.78, 5) is 0. The Morgan fingerprint density at radius 3 is 2.57 bits per heavy atom. The predicted octanol–water partition coefficient (Wildman–Crippen LogP) is 4.80. The van der Waals surface area contributed by atoms with Crippen LogP contribution in [-0.2, 0) is 0 Å². The highest BCUT2D eigenvalue weighted by molar-refractivity contribution is 9.10. The number of benzene rings is 2. The van der Waals surface area contributed by atoms with E-state index in [2.05, 4.69) is 21.1 Å². The summed E-state index contributed by atoms with van der Waals surface area (Å²) in [7, 11) is 0. The molecule has 0 saturated heterocycles. The third kappa shape index (κ3) is 2.34. The SMILES string of the molecule is Cc1ccccc1-c1c(N)noc1-c1cccc(F)c1Br. The zero-order chi connectivity index (χ0) is 15.0. The summed E-state index contributed by atoms with van der Waals surface area (Å²) < 4.78 is 19.4. The van der Waals surface area contributed by atoms with Gasteiger partial charge in [-0.15, -0.1) is 0 Å². The van der Waals surface area contributed by atoms with Gasteiger partial charge in [0.1, 0.15) is 5.82 Å². The summed E-state index contributed by atoms with van der Waals surface area (Å²) in [5.41, 5.74) is 9.18. The van der Waals surface area contributed by atoms with E-state index in [0.717, 1.165) is 11.1 Å². The molecule has 2 aromatic carbocycles. The average Bonchev–Trinajstić information content (AvgIpc) is 2.84. The minimum Gasteiger partial charge on any atom is -0.380 e. The Hall–Kier alpha value is -2.14. The minimum absolute atomic E-state index is 0.287. The Kier molecular flexibility index (Phi) is 3.51. The van der Waals surface area contributed by atoms with Gasteiger partial charge in [0.25, 0.3) is 0 Å². The maximum atomic E-state index is 13.7. The van der Waals surface area contributed by atoms with Crippen molar-refractivity contribution in [2.75, 3.05) is 5.73 Å². The van der Waals surface area contributed by atoms with Crippen molar-refractivity contribution < 1.29 is 8.91 Å². The van der Waals surface area contributed by atoms with E-state index in [1.807, 2.05) is 31.2 Å². The number of hydrogen-bond acceptors (Lipinski definition) is 3. The lowest BCUT2D eigenvalue weighted by molar-refractivity contribution is 0.435.